The molecular formula is C23H28O7. The molecular weight excluding hydrogens is 388 g/mol. The van der Waals surface area contributed by atoms with Gasteiger partial charge in [0.25, 0.3) is 0 Å². The molecule has 0 aliphatic carbocycles. The molecule has 0 aromatic heterocycles. The van der Waals surface area contributed by atoms with Crippen LogP contribution in [0.3, 0.4) is 0 Å². The zero-order valence-corrected chi connectivity index (χ0v) is 17.2. The van der Waals surface area contributed by atoms with Crippen LogP contribution in [0.1, 0.15) is 24.5 Å². The van der Waals surface area contributed by atoms with Gasteiger partial charge in [-0.1, -0.05) is 42.5 Å². The van der Waals surface area contributed by atoms with E-state index < -0.39 is 30.6 Å². The summed E-state index contributed by atoms with van der Waals surface area (Å²) in [5.74, 6) is 0.366. The molecule has 0 saturated carbocycles. The van der Waals surface area contributed by atoms with Crippen LogP contribution in [0, 0.1) is 0 Å². The number of aliphatic hydroxyl groups excluding tert-OH is 1. The van der Waals surface area contributed by atoms with Gasteiger partial charge in [0.1, 0.15) is 18.5 Å². The number of aliphatic hydroxyl groups is 1. The zero-order chi connectivity index (χ0) is 21.3. The number of carbonyl (C=O) groups excluding carboxylic acids is 1. The van der Waals surface area contributed by atoms with Crippen molar-refractivity contribution in [2.45, 2.75) is 51.2 Å². The van der Waals surface area contributed by atoms with E-state index in [2.05, 4.69) is 0 Å². The van der Waals surface area contributed by atoms with E-state index in [1.54, 1.807) is 7.11 Å². The Labute approximate surface area is 176 Å². The van der Waals surface area contributed by atoms with E-state index >= 15 is 0 Å². The van der Waals surface area contributed by atoms with Crippen molar-refractivity contribution >= 4 is 5.97 Å². The van der Waals surface area contributed by atoms with Crippen molar-refractivity contribution < 1.29 is 33.6 Å². The maximum Gasteiger partial charge on any atom is 0.302 e. The average Bonchev–Trinajstić information content (AvgIpc) is 2.76. The highest BCUT2D eigenvalue weighted by Crippen LogP contribution is 2.26. The Kier molecular flexibility index (Phi) is 8.21. The minimum atomic E-state index is -1.20. The van der Waals surface area contributed by atoms with Crippen LogP contribution in [0.4, 0.5) is 0 Å². The first-order valence-corrected chi connectivity index (χ1v) is 9.92. The normalized spacial score (nSPS) is 23.7. The highest BCUT2D eigenvalue weighted by Gasteiger charge is 2.40. The number of ether oxygens (including phenoxy) is 5. The largest absolute Gasteiger partial charge is 0.497 e. The first-order valence-electron chi connectivity index (χ1n) is 9.92. The van der Waals surface area contributed by atoms with Crippen molar-refractivity contribution in [2.24, 2.45) is 0 Å². The molecule has 1 aliphatic heterocycles. The predicted octanol–water partition coefficient (Wildman–Crippen LogP) is 2.84. The van der Waals surface area contributed by atoms with Crippen LogP contribution in [-0.2, 0) is 37.0 Å². The molecule has 162 valence electrons. The Bertz CT molecular complexity index is 778. The summed E-state index contributed by atoms with van der Waals surface area (Å²) in [4.78, 5) is 11.1. The van der Waals surface area contributed by atoms with Gasteiger partial charge in [0.05, 0.1) is 32.5 Å². The highest BCUT2D eigenvalue weighted by molar-refractivity contribution is 5.65. The second-order valence-electron chi connectivity index (χ2n) is 7.15. The molecule has 0 bridgehead atoms. The minimum absolute atomic E-state index is 0.0583. The van der Waals surface area contributed by atoms with Crippen molar-refractivity contribution in [2.75, 3.05) is 13.7 Å². The van der Waals surface area contributed by atoms with Gasteiger partial charge in [-0.3, -0.25) is 4.79 Å². The van der Waals surface area contributed by atoms with Crippen LogP contribution >= 0.6 is 0 Å². The van der Waals surface area contributed by atoms with E-state index in [-0.39, 0.29) is 13.2 Å². The van der Waals surface area contributed by atoms with Crippen LogP contribution in [0.5, 0.6) is 5.75 Å². The van der Waals surface area contributed by atoms with E-state index in [1.165, 1.54) is 6.92 Å². The van der Waals surface area contributed by atoms with Gasteiger partial charge >= 0.3 is 5.97 Å². The number of benzene rings is 2. The molecule has 0 amide bonds. The monoisotopic (exact) mass is 416 g/mol. The first-order chi connectivity index (χ1) is 14.5. The summed E-state index contributed by atoms with van der Waals surface area (Å²) in [5.41, 5.74) is 1.95. The quantitative estimate of drug-likeness (QED) is 0.630. The molecule has 7 nitrogen and oxygen atoms in total. The van der Waals surface area contributed by atoms with Gasteiger partial charge in [0.15, 0.2) is 6.29 Å². The topological polar surface area (TPSA) is 83.5 Å². The third kappa shape index (κ3) is 6.53. The van der Waals surface area contributed by atoms with Crippen LogP contribution in [-0.4, -0.2) is 49.4 Å². The van der Waals surface area contributed by atoms with Crippen LogP contribution in [0.2, 0.25) is 0 Å². The summed E-state index contributed by atoms with van der Waals surface area (Å²) < 4.78 is 27.9. The zero-order valence-electron chi connectivity index (χ0n) is 17.2. The van der Waals surface area contributed by atoms with Crippen LogP contribution in [0.15, 0.2) is 54.6 Å². The third-order valence-electron chi connectivity index (χ3n) is 4.86. The maximum absolute atomic E-state index is 11.1. The lowest BCUT2D eigenvalue weighted by Crippen LogP contribution is -2.51. The molecule has 3 unspecified atom stereocenters. The number of rotatable bonds is 9. The lowest BCUT2D eigenvalue weighted by molar-refractivity contribution is -0.276. The number of hydrogen-bond donors (Lipinski definition) is 1. The van der Waals surface area contributed by atoms with Crippen LogP contribution in [0.25, 0.3) is 0 Å². The second-order valence-corrected chi connectivity index (χ2v) is 7.15. The van der Waals surface area contributed by atoms with Crippen LogP contribution < -0.4 is 4.74 Å². The Balaban J connectivity index is 1.64. The summed E-state index contributed by atoms with van der Waals surface area (Å²) in [6.07, 6.45) is -2.33. The molecule has 1 N–H and O–H groups in total. The molecule has 7 heteroatoms. The van der Waals surface area contributed by atoms with Crippen molar-refractivity contribution in [1.29, 1.82) is 0 Å². The van der Waals surface area contributed by atoms with E-state index in [0.717, 1.165) is 16.9 Å². The lowest BCUT2D eigenvalue weighted by Gasteiger charge is -2.39. The molecule has 1 fully saturated rings. The second kappa shape index (κ2) is 11.1. The summed E-state index contributed by atoms with van der Waals surface area (Å²) in [7, 11) is 1.61. The van der Waals surface area contributed by atoms with Crippen molar-refractivity contribution in [3.05, 3.63) is 65.7 Å². The molecule has 2 aromatic rings. The number of methoxy groups -OCH3 is 1. The summed E-state index contributed by atoms with van der Waals surface area (Å²) in [6.45, 7) is 2.06. The van der Waals surface area contributed by atoms with Gasteiger partial charge in [-0.15, -0.1) is 0 Å². The third-order valence-corrected chi connectivity index (χ3v) is 4.86. The molecule has 1 heterocycles. The molecule has 1 saturated heterocycles. The Hall–Kier alpha value is -2.45. The van der Waals surface area contributed by atoms with E-state index in [0.29, 0.717) is 13.0 Å². The van der Waals surface area contributed by atoms with Gasteiger partial charge in [-0.05, 0) is 23.3 Å². The maximum atomic E-state index is 11.1. The van der Waals surface area contributed by atoms with Gasteiger partial charge in [0, 0.05) is 13.3 Å². The minimum Gasteiger partial charge on any atom is -0.497 e. The fourth-order valence-electron chi connectivity index (χ4n) is 3.27. The molecule has 30 heavy (non-hydrogen) atoms. The van der Waals surface area contributed by atoms with Crippen molar-refractivity contribution in [3.8, 4) is 5.75 Å². The van der Waals surface area contributed by atoms with Crippen molar-refractivity contribution in [1.82, 2.24) is 0 Å². The number of hydrogen-bond acceptors (Lipinski definition) is 7. The number of esters is 1. The Morgan fingerprint density at radius 3 is 2.37 bits per heavy atom. The fourth-order valence-corrected chi connectivity index (χ4v) is 3.27. The summed E-state index contributed by atoms with van der Waals surface area (Å²) in [5, 5.41) is 10.5. The highest BCUT2D eigenvalue weighted by atomic mass is 16.7. The predicted molar refractivity (Wildman–Crippen MR) is 109 cm³/mol. The molecule has 2 aromatic carbocycles. The molecule has 3 rings (SSSR count). The van der Waals surface area contributed by atoms with E-state index in [1.807, 2.05) is 54.6 Å². The van der Waals surface area contributed by atoms with E-state index in [9.17, 15) is 9.90 Å². The van der Waals surface area contributed by atoms with E-state index in [4.69, 9.17) is 23.7 Å². The lowest BCUT2D eigenvalue weighted by atomic mass is 10.0. The molecule has 0 radical (unpaired) electrons. The standard InChI is InChI=1S/C23H28O7/c1-16(24)27-15-20-12-21(28-13-17-6-4-3-5-7-17)22(23(25)30-20)29-14-18-8-10-19(26-2)11-9-18/h3-11,20-23,25H,12-15H2,1-2H3/t20?,21-,22?,23?/m0/s1. The SMILES string of the molecule is COc1ccc(COC2C(O)OC(COC(C)=O)C[C@@H]2OCc2ccccc2)cc1. The molecule has 0 spiro atoms. The summed E-state index contributed by atoms with van der Waals surface area (Å²) in [6, 6.07) is 17.3. The van der Waals surface area contributed by atoms with Gasteiger partial charge in [-0.25, -0.2) is 0 Å². The molecule has 4 atom stereocenters. The van der Waals surface area contributed by atoms with Gasteiger partial charge < -0.3 is 28.8 Å². The smallest absolute Gasteiger partial charge is 0.302 e. The molecule has 1 aliphatic rings. The van der Waals surface area contributed by atoms with Crippen molar-refractivity contribution in [3.63, 3.8) is 0 Å². The first kappa shape index (κ1) is 22.2. The Morgan fingerprint density at radius 1 is 1.03 bits per heavy atom. The van der Waals surface area contributed by atoms with Gasteiger partial charge in [-0.2, -0.15) is 0 Å². The summed E-state index contributed by atoms with van der Waals surface area (Å²) >= 11 is 0. The Morgan fingerprint density at radius 2 is 1.70 bits per heavy atom. The number of carbonyl (C=O) groups is 1. The fraction of sp³-hybridized carbons (Fsp3) is 0.435. The van der Waals surface area contributed by atoms with Gasteiger partial charge in [0.2, 0.25) is 0 Å². The average molecular weight is 416 g/mol.